The van der Waals surface area contributed by atoms with Crippen molar-refractivity contribution in [3.05, 3.63) is 29.8 Å². The molecule has 0 aromatic heterocycles. The molecule has 0 amide bonds. The summed E-state index contributed by atoms with van der Waals surface area (Å²) in [6, 6.07) is 8.03. The van der Waals surface area contributed by atoms with Gasteiger partial charge in [0.05, 0.1) is 13.7 Å². The highest BCUT2D eigenvalue weighted by atomic mass is 127. The van der Waals surface area contributed by atoms with Gasteiger partial charge in [0.15, 0.2) is 5.96 Å². The molecule has 6 nitrogen and oxygen atoms in total. The van der Waals surface area contributed by atoms with Crippen LogP contribution in [0.15, 0.2) is 29.3 Å². The van der Waals surface area contributed by atoms with Crippen molar-refractivity contribution in [2.45, 2.75) is 31.8 Å². The molecule has 1 aliphatic heterocycles. The summed E-state index contributed by atoms with van der Waals surface area (Å²) in [5, 5.41) is 6.86. The molecule has 1 fully saturated rings. The SMILES string of the molecule is CCNC(=NCc1cccc(OC)c1)NCC1(N(C)C)CCOCC1.I. The zero-order chi connectivity index (χ0) is 18.1. The van der Waals surface area contributed by atoms with E-state index in [1.54, 1.807) is 7.11 Å². The highest BCUT2D eigenvalue weighted by molar-refractivity contribution is 14.0. The monoisotopic (exact) mass is 476 g/mol. The van der Waals surface area contributed by atoms with Crippen molar-refractivity contribution in [1.29, 1.82) is 0 Å². The Morgan fingerprint density at radius 2 is 2.00 bits per heavy atom. The molecule has 26 heavy (non-hydrogen) atoms. The molecule has 0 radical (unpaired) electrons. The molecule has 2 rings (SSSR count). The molecule has 0 spiro atoms. The maximum atomic E-state index is 5.54. The molecule has 1 aliphatic rings. The number of aliphatic imine (C=N–C) groups is 1. The molecule has 1 aromatic carbocycles. The molecule has 1 saturated heterocycles. The van der Waals surface area contributed by atoms with Gasteiger partial charge >= 0.3 is 0 Å². The fraction of sp³-hybridized carbons (Fsp3) is 0.632. The van der Waals surface area contributed by atoms with Gasteiger partial charge < -0.3 is 25.0 Å². The highest BCUT2D eigenvalue weighted by Gasteiger charge is 2.34. The molecule has 7 heteroatoms. The second-order valence-electron chi connectivity index (χ2n) is 6.63. The molecular formula is C19H33IN4O2. The third-order valence-corrected chi connectivity index (χ3v) is 4.86. The highest BCUT2D eigenvalue weighted by Crippen LogP contribution is 2.25. The number of likely N-dealkylation sites (N-methyl/N-ethyl adjacent to an activating group) is 1. The number of benzene rings is 1. The smallest absolute Gasteiger partial charge is 0.191 e. The number of halogens is 1. The Bertz CT molecular complexity index is 560. The van der Waals surface area contributed by atoms with E-state index in [-0.39, 0.29) is 29.5 Å². The molecule has 1 aromatic rings. The standard InChI is InChI=1S/C19H32N4O2.HI/c1-5-20-18(21-14-16-7-6-8-17(13-16)24-4)22-15-19(23(2)3)9-11-25-12-10-19;/h6-8,13H,5,9-12,14-15H2,1-4H3,(H2,20,21,22);1H. The third-order valence-electron chi connectivity index (χ3n) is 4.86. The fourth-order valence-electron chi connectivity index (χ4n) is 3.06. The molecule has 0 unspecified atom stereocenters. The van der Waals surface area contributed by atoms with Crippen molar-refractivity contribution < 1.29 is 9.47 Å². The average Bonchev–Trinajstić information content (AvgIpc) is 2.64. The van der Waals surface area contributed by atoms with E-state index in [4.69, 9.17) is 14.5 Å². The summed E-state index contributed by atoms with van der Waals surface area (Å²) in [5.74, 6) is 1.71. The Morgan fingerprint density at radius 1 is 1.27 bits per heavy atom. The van der Waals surface area contributed by atoms with Crippen LogP contribution >= 0.6 is 24.0 Å². The second-order valence-corrected chi connectivity index (χ2v) is 6.63. The fourth-order valence-corrected chi connectivity index (χ4v) is 3.06. The zero-order valence-electron chi connectivity index (χ0n) is 16.4. The van der Waals surface area contributed by atoms with E-state index in [9.17, 15) is 0 Å². The largest absolute Gasteiger partial charge is 0.497 e. The van der Waals surface area contributed by atoms with Crippen LogP contribution < -0.4 is 15.4 Å². The molecule has 2 N–H and O–H groups in total. The number of ether oxygens (including phenoxy) is 2. The molecular weight excluding hydrogens is 443 g/mol. The first-order valence-corrected chi connectivity index (χ1v) is 9.00. The number of hydrogen-bond acceptors (Lipinski definition) is 4. The summed E-state index contributed by atoms with van der Waals surface area (Å²) >= 11 is 0. The Kier molecular flexibility index (Phi) is 10.3. The predicted molar refractivity (Wildman–Crippen MR) is 118 cm³/mol. The maximum absolute atomic E-state index is 5.54. The van der Waals surface area contributed by atoms with Gasteiger partial charge in [0.25, 0.3) is 0 Å². The first-order valence-electron chi connectivity index (χ1n) is 9.00. The minimum absolute atomic E-state index is 0. The number of methoxy groups -OCH3 is 1. The quantitative estimate of drug-likeness (QED) is 0.360. The molecule has 0 bridgehead atoms. The van der Waals surface area contributed by atoms with Crippen molar-refractivity contribution >= 4 is 29.9 Å². The second kappa shape index (κ2) is 11.6. The van der Waals surface area contributed by atoms with Crippen molar-refractivity contribution in [3.8, 4) is 5.75 Å². The number of nitrogens with one attached hydrogen (secondary N) is 2. The lowest BCUT2D eigenvalue weighted by molar-refractivity contribution is -0.00501. The van der Waals surface area contributed by atoms with E-state index in [1.807, 2.05) is 18.2 Å². The van der Waals surface area contributed by atoms with E-state index < -0.39 is 0 Å². The van der Waals surface area contributed by atoms with Crippen LogP contribution in [0.3, 0.4) is 0 Å². The van der Waals surface area contributed by atoms with E-state index in [0.29, 0.717) is 6.54 Å². The van der Waals surface area contributed by atoms with Gasteiger partial charge in [-0.3, -0.25) is 0 Å². The van der Waals surface area contributed by atoms with Crippen molar-refractivity contribution in [3.63, 3.8) is 0 Å². The first-order chi connectivity index (χ1) is 12.1. The van der Waals surface area contributed by atoms with Gasteiger partial charge in [0, 0.05) is 31.8 Å². The van der Waals surface area contributed by atoms with Crippen LogP contribution in [0.1, 0.15) is 25.3 Å². The molecule has 148 valence electrons. The molecule has 1 heterocycles. The van der Waals surface area contributed by atoms with Crippen LogP contribution in [-0.4, -0.2) is 63.9 Å². The molecule has 0 aliphatic carbocycles. The van der Waals surface area contributed by atoms with Crippen LogP contribution in [0.4, 0.5) is 0 Å². The number of hydrogen-bond donors (Lipinski definition) is 2. The maximum Gasteiger partial charge on any atom is 0.191 e. The summed E-state index contributed by atoms with van der Waals surface area (Å²) < 4.78 is 10.8. The number of guanidine groups is 1. The minimum Gasteiger partial charge on any atom is -0.497 e. The predicted octanol–water partition coefficient (Wildman–Crippen LogP) is 2.48. The lowest BCUT2D eigenvalue weighted by Gasteiger charge is -2.43. The number of nitrogens with zero attached hydrogens (tertiary/aromatic N) is 2. The normalized spacial score (nSPS) is 16.7. The summed E-state index contributed by atoms with van der Waals surface area (Å²) in [6.45, 7) is 6.02. The van der Waals surface area contributed by atoms with Gasteiger partial charge in [-0.05, 0) is 51.6 Å². The van der Waals surface area contributed by atoms with Gasteiger partial charge in [0.1, 0.15) is 5.75 Å². The first kappa shape index (κ1) is 23.0. The van der Waals surface area contributed by atoms with Crippen molar-refractivity contribution in [2.24, 2.45) is 4.99 Å². The van der Waals surface area contributed by atoms with Gasteiger partial charge in [-0.1, -0.05) is 12.1 Å². The number of rotatable bonds is 7. The lowest BCUT2D eigenvalue weighted by atomic mass is 9.88. The van der Waals surface area contributed by atoms with Crippen LogP contribution in [0.2, 0.25) is 0 Å². The summed E-state index contributed by atoms with van der Waals surface area (Å²) in [6.07, 6.45) is 2.06. The van der Waals surface area contributed by atoms with E-state index >= 15 is 0 Å². The van der Waals surface area contributed by atoms with Gasteiger partial charge in [-0.25, -0.2) is 4.99 Å². The van der Waals surface area contributed by atoms with Gasteiger partial charge in [-0.15, -0.1) is 24.0 Å². The average molecular weight is 476 g/mol. The lowest BCUT2D eigenvalue weighted by Crippen LogP contribution is -2.57. The van der Waals surface area contributed by atoms with E-state index in [0.717, 1.165) is 56.4 Å². The van der Waals surface area contributed by atoms with Gasteiger partial charge in [0.2, 0.25) is 0 Å². The Balaban J connectivity index is 0.00000338. The van der Waals surface area contributed by atoms with Crippen LogP contribution in [0.5, 0.6) is 5.75 Å². The Hall–Kier alpha value is -1.06. The van der Waals surface area contributed by atoms with Crippen molar-refractivity contribution in [1.82, 2.24) is 15.5 Å². The minimum atomic E-state index is 0. The Morgan fingerprint density at radius 3 is 2.62 bits per heavy atom. The summed E-state index contributed by atoms with van der Waals surface area (Å²) in [5.41, 5.74) is 1.25. The third kappa shape index (κ3) is 6.59. The topological polar surface area (TPSA) is 58.1 Å². The zero-order valence-corrected chi connectivity index (χ0v) is 18.7. The van der Waals surface area contributed by atoms with E-state index in [2.05, 4.69) is 42.6 Å². The molecule has 0 atom stereocenters. The molecule has 0 saturated carbocycles. The van der Waals surface area contributed by atoms with Crippen LogP contribution in [-0.2, 0) is 11.3 Å². The van der Waals surface area contributed by atoms with E-state index in [1.165, 1.54) is 0 Å². The summed E-state index contributed by atoms with van der Waals surface area (Å²) in [7, 11) is 5.98. The van der Waals surface area contributed by atoms with Gasteiger partial charge in [-0.2, -0.15) is 0 Å². The Labute approximate surface area is 174 Å². The van der Waals surface area contributed by atoms with Crippen molar-refractivity contribution in [2.75, 3.05) is 47.5 Å². The summed E-state index contributed by atoms with van der Waals surface area (Å²) in [4.78, 5) is 7.04. The van der Waals surface area contributed by atoms with Crippen LogP contribution in [0, 0.1) is 0 Å². The van der Waals surface area contributed by atoms with Crippen LogP contribution in [0.25, 0.3) is 0 Å².